The first-order chi connectivity index (χ1) is 12.3. The van der Waals surface area contributed by atoms with E-state index < -0.39 is 10.0 Å². The molecule has 1 N–H and O–H groups in total. The van der Waals surface area contributed by atoms with Crippen LogP contribution in [0.1, 0.15) is 37.6 Å². The van der Waals surface area contributed by atoms with E-state index in [1.165, 1.54) is 6.07 Å². The number of piperidine rings is 1. The number of hydrogen-bond donors (Lipinski definition) is 1. The molecule has 0 saturated carbocycles. The third-order valence-corrected chi connectivity index (χ3v) is 7.14. The van der Waals surface area contributed by atoms with Crippen LogP contribution in [0.3, 0.4) is 0 Å². The van der Waals surface area contributed by atoms with Crippen molar-refractivity contribution in [3.8, 4) is 0 Å². The average molecular weight is 380 g/mol. The normalized spacial score (nSPS) is 28.1. The molecule has 144 valence electrons. The first-order valence-corrected chi connectivity index (χ1v) is 10.8. The van der Waals surface area contributed by atoms with Crippen LogP contribution >= 0.6 is 0 Å². The minimum atomic E-state index is -3.58. The zero-order chi connectivity index (χ0) is 18.9. The lowest BCUT2D eigenvalue weighted by Gasteiger charge is -2.35. The third kappa shape index (κ3) is 3.94. The summed E-state index contributed by atoms with van der Waals surface area (Å²) < 4.78 is 27.7. The Morgan fingerprint density at radius 1 is 1.15 bits per heavy atom. The molecule has 2 fully saturated rings. The average Bonchev–Trinajstić information content (AvgIpc) is 2.61. The predicted octanol–water partition coefficient (Wildman–Crippen LogP) is 1.79. The van der Waals surface area contributed by atoms with Gasteiger partial charge in [-0.2, -0.15) is 4.31 Å². The van der Waals surface area contributed by atoms with E-state index in [0.29, 0.717) is 37.0 Å². The molecule has 1 amide bonds. The van der Waals surface area contributed by atoms with Crippen molar-refractivity contribution in [2.45, 2.75) is 38.1 Å². The number of hydrogen-bond acceptors (Lipinski definition) is 4. The standard InChI is InChI=1S/C19H29N3O3S/c1-14-9-15(2)13-21(12-14)26(24,25)18-6-4-5-17(10-18)19(23)22-8-7-20-11-16(22)3/h4-6,10,14-16,20H,7-9,11-13H2,1-3H3/t14?,15?,16-/m1/s1. The molecule has 0 spiro atoms. The Balaban J connectivity index is 1.85. The maximum Gasteiger partial charge on any atom is 0.254 e. The summed E-state index contributed by atoms with van der Waals surface area (Å²) in [6.07, 6.45) is 1.05. The molecule has 3 atom stereocenters. The Bertz CT molecular complexity index is 755. The van der Waals surface area contributed by atoms with Gasteiger partial charge in [-0.05, 0) is 43.4 Å². The maximum atomic E-state index is 13.1. The molecule has 2 unspecified atom stereocenters. The fraction of sp³-hybridized carbons (Fsp3) is 0.632. The van der Waals surface area contributed by atoms with E-state index in [0.717, 1.165) is 19.5 Å². The zero-order valence-electron chi connectivity index (χ0n) is 15.8. The lowest BCUT2D eigenvalue weighted by atomic mass is 9.94. The zero-order valence-corrected chi connectivity index (χ0v) is 16.6. The van der Waals surface area contributed by atoms with Crippen LogP contribution in [0.15, 0.2) is 29.2 Å². The molecule has 1 aromatic rings. The van der Waals surface area contributed by atoms with E-state index in [1.807, 2.05) is 11.8 Å². The molecule has 2 heterocycles. The summed E-state index contributed by atoms with van der Waals surface area (Å²) in [5.74, 6) is 0.594. The van der Waals surface area contributed by atoms with Gasteiger partial charge in [0.1, 0.15) is 0 Å². The van der Waals surface area contributed by atoms with E-state index in [-0.39, 0.29) is 16.8 Å². The number of rotatable bonds is 3. The van der Waals surface area contributed by atoms with Crippen molar-refractivity contribution >= 4 is 15.9 Å². The Labute approximate surface area is 156 Å². The van der Waals surface area contributed by atoms with Crippen LogP contribution in [0, 0.1) is 11.8 Å². The molecule has 3 rings (SSSR count). The number of amides is 1. The predicted molar refractivity (Wildman–Crippen MR) is 102 cm³/mol. The van der Waals surface area contributed by atoms with Gasteiger partial charge >= 0.3 is 0 Å². The van der Waals surface area contributed by atoms with Crippen LogP contribution in [-0.4, -0.2) is 62.3 Å². The van der Waals surface area contributed by atoms with Gasteiger partial charge in [0.15, 0.2) is 0 Å². The molecule has 2 aliphatic heterocycles. The Morgan fingerprint density at radius 3 is 2.50 bits per heavy atom. The van der Waals surface area contributed by atoms with Crippen LogP contribution in [-0.2, 0) is 10.0 Å². The molecule has 0 radical (unpaired) electrons. The fourth-order valence-electron chi connectivity index (χ4n) is 4.05. The largest absolute Gasteiger partial charge is 0.333 e. The van der Waals surface area contributed by atoms with E-state index in [4.69, 9.17) is 0 Å². The molecule has 0 aromatic heterocycles. The van der Waals surface area contributed by atoms with Crippen LogP contribution in [0.4, 0.5) is 0 Å². The molecule has 0 bridgehead atoms. The van der Waals surface area contributed by atoms with Crippen molar-refractivity contribution in [2.24, 2.45) is 11.8 Å². The van der Waals surface area contributed by atoms with E-state index >= 15 is 0 Å². The van der Waals surface area contributed by atoms with Crippen LogP contribution in [0.2, 0.25) is 0 Å². The number of benzene rings is 1. The lowest BCUT2D eigenvalue weighted by molar-refractivity contribution is 0.0655. The smallest absolute Gasteiger partial charge is 0.254 e. The second kappa shape index (κ2) is 7.66. The number of nitrogens with one attached hydrogen (secondary N) is 1. The van der Waals surface area contributed by atoms with Crippen molar-refractivity contribution in [3.63, 3.8) is 0 Å². The highest BCUT2D eigenvalue weighted by atomic mass is 32.2. The highest BCUT2D eigenvalue weighted by Crippen LogP contribution is 2.27. The summed E-state index contributed by atoms with van der Waals surface area (Å²) in [6.45, 7) is 9.41. The van der Waals surface area contributed by atoms with E-state index in [9.17, 15) is 13.2 Å². The first kappa shape index (κ1) is 19.3. The SMILES string of the molecule is CC1CC(C)CN(S(=O)(=O)c2cccc(C(=O)N3CCNC[C@H]3C)c2)C1. The van der Waals surface area contributed by atoms with Gasteiger partial charge in [0.05, 0.1) is 4.90 Å². The second-order valence-electron chi connectivity index (χ2n) is 7.85. The quantitative estimate of drug-likeness (QED) is 0.869. The summed E-state index contributed by atoms with van der Waals surface area (Å²) in [7, 11) is -3.58. The molecular formula is C19H29N3O3S. The Kier molecular flexibility index (Phi) is 5.69. The summed E-state index contributed by atoms with van der Waals surface area (Å²) in [5.41, 5.74) is 0.443. The van der Waals surface area contributed by atoms with Gasteiger partial charge < -0.3 is 10.2 Å². The van der Waals surface area contributed by atoms with Gasteiger partial charge in [0.25, 0.3) is 5.91 Å². The minimum Gasteiger partial charge on any atom is -0.333 e. The van der Waals surface area contributed by atoms with Crippen molar-refractivity contribution in [1.29, 1.82) is 0 Å². The maximum absolute atomic E-state index is 13.1. The van der Waals surface area contributed by atoms with Gasteiger partial charge in [0, 0.05) is 44.3 Å². The minimum absolute atomic E-state index is 0.0975. The molecular weight excluding hydrogens is 350 g/mol. The van der Waals surface area contributed by atoms with Gasteiger partial charge in [-0.25, -0.2) is 8.42 Å². The lowest BCUT2D eigenvalue weighted by Crippen LogP contribution is -2.52. The number of carbonyl (C=O) groups is 1. The number of carbonyl (C=O) groups excluding carboxylic acids is 1. The van der Waals surface area contributed by atoms with Crippen LogP contribution in [0.25, 0.3) is 0 Å². The highest BCUT2D eigenvalue weighted by molar-refractivity contribution is 7.89. The summed E-state index contributed by atoms with van der Waals surface area (Å²) in [4.78, 5) is 14.9. The van der Waals surface area contributed by atoms with Crippen molar-refractivity contribution in [2.75, 3.05) is 32.7 Å². The summed E-state index contributed by atoms with van der Waals surface area (Å²) >= 11 is 0. The second-order valence-corrected chi connectivity index (χ2v) is 9.79. The molecule has 26 heavy (non-hydrogen) atoms. The van der Waals surface area contributed by atoms with Crippen molar-refractivity contribution in [1.82, 2.24) is 14.5 Å². The first-order valence-electron chi connectivity index (χ1n) is 9.41. The van der Waals surface area contributed by atoms with E-state index in [2.05, 4.69) is 19.2 Å². The number of sulfonamides is 1. The van der Waals surface area contributed by atoms with Gasteiger partial charge in [-0.1, -0.05) is 19.9 Å². The van der Waals surface area contributed by atoms with Crippen LogP contribution in [0.5, 0.6) is 0 Å². The molecule has 6 nitrogen and oxygen atoms in total. The fourth-order valence-corrected chi connectivity index (χ4v) is 5.78. The van der Waals surface area contributed by atoms with Crippen molar-refractivity contribution < 1.29 is 13.2 Å². The van der Waals surface area contributed by atoms with Gasteiger partial charge in [0.2, 0.25) is 10.0 Å². The molecule has 0 aliphatic carbocycles. The van der Waals surface area contributed by atoms with E-state index in [1.54, 1.807) is 22.5 Å². The summed E-state index contributed by atoms with van der Waals surface area (Å²) in [6, 6.07) is 6.61. The monoisotopic (exact) mass is 379 g/mol. The highest BCUT2D eigenvalue weighted by Gasteiger charge is 2.32. The van der Waals surface area contributed by atoms with Crippen LogP contribution < -0.4 is 5.32 Å². The number of piperazine rings is 1. The summed E-state index contributed by atoms with van der Waals surface area (Å²) in [5, 5.41) is 3.26. The molecule has 2 saturated heterocycles. The van der Waals surface area contributed by atoms with Crippen molar-refractivity contribution in [3.05, 3.63) is 29.8 Å². The van der Waals surface area contributed by atoms with Gasteiger partial charge in [-0.15, -0.1) is 0 Å². The Morgan fingerprint density at radius 2 is 1.85 bits per heavy atom. The topological polar surface area (TPSA) is 69.7 Å². The van der Waals surface area contributed by atoms with Gasteiger partial charge in [-0.3, -0.25) is 4.79 Å². The molecule has 7 heteroatoms. The number of nitrogens with zero attached hydrogens (tertiary/aromatic N) is 2. The third-order valence-electron chi connectivity index (χ3n) is 5.32. The molecule has 2 aliphatic rings. The molecule has 1 aromatic carbocycles. The Hall–Kier alpha value is -1.44.